The third-order valence-corrected chi connectivity index (χ3v) is 14.4. The van der Waals surface area contributed by atoms with E-state index < -0.39 is 14.1 Å². The van der Waals surface area contributed by atoms with E-state index in [4.69, 9.17) is 23.4 Å². The second-order valence-electron chi connectivity index (χ2n) is 14.5. The van der Waals surface area contributed by atoms with Crippen LogP contribution in [0, 0.1) is 11.8 Å². The van der Waals surface area contributed by atoms with Gasteiger partial charge in [-0.15, -0.1) is 0 Å². The second-order valence-corrected chi connectivity index (χ2v) is 19.2. The quantitative estimate of drug-likeness (QED) is 0.365. The highest BCUT2D eigenvalue weighted by atomic mass is 28.4. The number of hydrogen-bond donors (Lipinski definition) is 1. The first-order valence-corrected chi connectivity index (χ1v) is 17.2. The van der Waals surface area contributed by atoms with Crippen LogP contribution in [0.4, 0.5) is 0 Å². The molecule has 1 N–H and O–H groups in total. The lowest BCUT2D eigenvalue weighted by atomic mass is 9.85. The summed E-state index contributed by atoms with van der Waals surface area (Å²) in [6.07, 6.45) is 5.10. The second kappa shape index (κ2) is 10.5. The van der Waals surface area contributed by atoms with Crippen molar-refractivity contribution < 1.29 is 28.5 Å². The standard InChI is InChI=1S/C29H56O6Si/c1-19(18-30)25-20(2)23(32-27(7,8)34-25)17-22-13-15-29(10,31-22)24-14-16-28(9,33-24)21(3)35-36(11,12)26(4,5)6/h19-25,30H,13-18H2,1-12H3/t19-,20+,21-,22+,23+,24-,25-,28+,29+/m0/s1. The summed E-state index contributed by atoms with van der Waals surface area (Å²) >= 11 is 0. The van der Waals surface area contributed by atoms with E-state index in [0.29, 0.717) is 0 Å². The number of rotatable bonds is 8. The Morgan fingerprint density at radius 2 is 1.61 bits per heavy atom. The lowest BCUT2D eigenvalue weighted by Crippen LogP contribution is -2.53. The van der Waals surface area contributed by atoms with Crippen LogP contribution in [-0.2, 0) is 23.4 Å². The first-order chi connectivity index (χ1) is 16.3. The summed E-state index contributed by atoms with van der Waals surface area (Å²) in [6, 6.07) is 0. The zero-order valence-corrected chi connectivity index (χ0v) is 26.3. The lowest BCUT2D eigenvalue weighted by molar-refractivity contribution is -0.331. The molecule has 0 bridgehead atoms. The van der Waals surface area contributed by atoms with E-state index in [2.05, 4.69) is 61.6 Å². The van der Waals surface area contributed by atoms with Gasteiger partial charge in [0.1, 0.15) is 0 Å². The number of ether oxygens (including phenoxy) is 4. The fraction of sp³-hybridized carbons (Fsp3) is 1.00. The SMILES string of the molecule is C[C@H]1[C@H]([C@@H](C)CO)OC(C)(C)O[C@@H]1C[C@H]1CC[C@](C)([C@@H]2CC[C@](C)([C@H](C)O[Si](C)(C)C(C)(C)C)O2)O1. The summed E-state index contributed by atoms with van der Waals surface area (Å²) in [6.45, 7) is 26.4. The summed E-state index contributed by atoms with van der Waals surface area (Å²) in [5, 5.41) is 9.93. The number of aliphatic hydroxyl groups excluding tert-OH is 1. The van der Waals surface area contributed by atoms with Gasteiger partial charge in [0.05, 0.1) is 41.7 Å². The highest BCUT2D eigenvalue weighted by Gasteiger charge is 2.53. The van der Waals surface area contributed by atoms with Gasteiger partial charge in [-0.2, -0.15) is 0 Å². The normalized spacial score (nSPS) is 41.4. The van der Waals surface area contributed by atoms with Crippen LogP contribution in [0.15, 0.2) is 0 Å². The molecule has 3 aliphatic rings. The molecule has 0 aromatic carbocycles. The Kier molecular flexibility index (Phi) is 8.91. The van der Waals surface area contributed by atoms with Gasteiger partial charge in [0, 0.05) is 24.9 Å². The Labute approximate surface area is 222 Å². The summed E-state index contributed by atoms with van der Waals surface area (Å²) < 4.78 is 32.9. The molecular weight excluding hydrogens is 472 g/mol. The fourth-order valence-corrected chi connectivity index (χ4v) is 7.58. The third-order valence-electron chi connectivity index (χ3n) is 9.84. The molecule has 0 aromatic rings. The maximum absolute atomic E-state index is 9.75. The molecule has 6 nitrogen and oxygen atoms in total. The monoisotopic (exact) mass is 528 g/mol. The molecule has 0 aromatic heterocycles. The van der Waals surface area contributed by atoms with Gasteiger partial charge < -0.3 is 28.5 Å². The summed E-state index contributed by atoms with van der Waals surface area (Å²) in [5.41, 5.74) is -0.582. The van der Waals surface area contributed by atoms with Crippen LogP contribution < -0.4 is 0 Å². The van der Waals surface area contributed by atoms with Crippen LogP contribution >= 0.6 is 0 Å². The van der Waals surface area contributed by atoms with Gasteiger partial charge in [0.15, 0.2) is 14.1 Å². The van der Waals surface area contributed by atoms with Gasteiger partial charge in [-0.25, -0.2) is 0 Å². The van der Waals surface area contributed by atoms with E-state index in [1.54, 1.807) is 0 Å². The van der Waals surface area contributed by atoms with Gasteiger partial charge in [0.2, 0.25) is 0 Å². The molecule has 9 atom stereocenters. The summed E-state index contributed by atoms with van der Waals surface area (Å²) in [4.78, 5) is 0. The third kappa shape index (κ3) is 6.40. The van der Waals surface area contributed by atoms with Crippen molar-refractivity contribution in [3.05, 3.63) is 0 Å². The molecule has 36 heavy (non-hydrogen) atoms. The molecule has 212 valence electrons. The lowest BCUT2D eigenvalue weighted by Gasteiger charge is -2.47. The predicted molar refractivity (Wildman–Crippen MR) is 147 cm³/mol. The molecule has 3 heterocycles. The Balaban J connectivity index is 1.62. The minimum Gasteiger partial charge on any atom is -0.411 e. The molecule has 0 radical (unpaired) electrons. The van der Waals surface area contributed by atoms with Crippen molar-refractivity contribution in [3.63, 3.8) is 0 Å². The average molecular weight is 529 g/mol. The van der Waals surface area contributed by atoms with E-state index in [9.17, 15) is 5.11 Å². The van der Waals surface area contributed by atoms with Gasteiger partial charge in [-0.05, 0) is 78.4 Å². The minimum atomic E-state index is -1.88. The molecule has 0 spiro atoms. The largest absolute Gasteiger partial charge is 0.411 e. The van der Waals surface area contributed by atoms with E-state index in [0.717, 1.165) is 32.1 Å². The Hall–Kier alpha value is -0.0231. The van der Waals surface area contributed by atoms with Crippen LogP contribution in [0.25, 0.3) is 0 Å². The molecule has 3 rings (SSSR count). The smallest absolute Gasteiger partial charge is 0.192 e. The Bertz CT molecular complexity index is 751. The van der Waals surface area contributed by atoms with Crippen LogP contribution in [0.2, 0.25) is 18.1 Å². The maximum Gasteiger partial charge on any atom is 0.192 e. The van der Waals surface area contributed by atoms with Crippen molar-refractivity contribution in [2.24, 2.45) is 11.8 Å². The predicted octanol–water partition coefficient (Wildman–Crippen LogP) is 6.45. The Morgan fingerprint density at radius 3 is 2.19 bits per heavy atom. The highest BCUT2D eigenvalue weighted by Crippen LogP contribution is 2.47. The molecule has 3 aliphatic heterocycles. The maximum atomic E-state index is 9.75. The van der Waals surface area contributed by atoms with E-state index >= 15 is 0 Å². The summed E-state index contributed by atoms with van der Waals surface area (Å²) in [7, 11) is -1.88. The van der Waals surface area contributed by atoms with Crippen molar-refractivity contribution in [2.75, 3.05) is 6.61 Å². The van der Waals surface area contributed by atoms with Gasteiger partial charge in [-0.3, -0.25) is 0 Å². The number of hydrogen-bond acceptors (Lipinski definition) is 6. The average Bonchev–Trinajstić information content (AvgIpc) is 3.33. The Morgan fingerprint density at radius 1 is 0.972 bits per heavy atom. The fourth-order valence-electron chi connectivity index (χ4n) is 6.09. The van der Waals surface area contributed by atoms with E-state index in [1.165, 1.54) is 0 Å². The molecule has 0 amide bonds. The van der Waals surface area contributed by atoms with Crippen molar-refractivity contribution in [1.82, 2.24) is 0 Å². The minimum absolute atomic E-state index is 0.0298. The van der Waals surface area contributed by atoms with Crippen LogP contribution in [0.5, 0.6) is 0 Å². The topological polar surface area (TPSA) is 66.4 Å². The molecule has 0 saturated carbocycles. The van der Waals surface area contributed by atoms with E-state index in [1.807, 2.05) is 20.8 Å². The molecule has 3 fully saturated rings. The zero-order chi connectivity index (χ0) is 27.3. The van der Waals surface area contributed by atoms with Gasteiger partial charge in [-0.1, -0.05) is 34.6 Å². The molecule has 3 saturated heterocycles. The van der Waals surface area contributed by atoms with Crippen LogP contribution in [0.3, 0.4) is 0 Å². The first kappa shape index (κ1) is 30.5. The molecule has 0 aliphatic carbocycles. The first-order valence-electron chi connectivity index (χ1n) is 14.3. The van der Waals surface area contributed by atoms with Gasteiger partial charge in [0.25, 0.3) is 0 Å². The van der Waals surface area contributed by atoms with Gasteiger partial charge >= 0.3 is 0 Å². The van der Waals surface area contributed by atoms with Crippen molar-refractivity contribution in [2.45, 2.75) is 167 Å². The van der Waals surface area contributed by atoms with Crippen molar-refractivity contribution >= 4 is 8.32 Å². The molecular formula is C29H56O6Si. The van der Waals surface area contributed by atoms with Crippen molar-refractivity contribution in [3.8, 4) is 0 Å². The van der Waals surface area contributed by atoms with E-state index in [-0.39, 0.29) is 65.2 Å². The molecule has 7 heteroatoms. The van der Waals surface area contributed by atoms with Crippen molar-refractivity contribution in [1.29, 1.82) is 0 Å². The van der Waals surface area contributed by atoms with Crippen LogP contribution in [-0.4, -0.2) is 67.5 Å². The van der Waals surface area contributed by atoms with Crippen LogP contribution in [0.1, 0.15) is 101 Å². The highest BCUT2D eigenvalue weighted by molar-refractivity contribution is 6.74. The number of aliphatic hydroxyl groups is 1. The molecule has 0 unspecified atom stereocenters. The zero-order valence-electron chi connectivity index (χ0n) is 25.3. The summed E-state index contributed by atoms with van der Waals surface area (Å²) in [5.74, 6) is -0.403.